The van der Waals surface area contributed by atoms with Crippen LogP contribution in [0.2, 0.25) is 0 Å². The van der Waals surface area contributed by atoms with Crippen LogP contribution >= 0.6 is 0 Å². The minimum Gasteiger partial charge on any atom is -0.493 e. The molecule has 0 aliphatic carbocycles. The number of aromatic nitrogens is 2. The van der Waals surface area contributed by atoms with E-state index in [0.29, 0.717) is 11.5 Å². The molecule has 1 aliphatic heterocycles. The Morgan fingerprint density at radius 3 is 2.22 bits per heavy atom. The second-order valence-corrected chi connectivity index (χ2v) is 6.81. The molecule has 1 aromatic carbocycles. The van der Waals surface area contributed by atoms with Gasteiger partial charge in [0.15, 0.2) is 17.3 Å². The maximum atomic E-state index is 12.1. The fourth-order valence-corrected chi connectivity index (χ4v) is 3.16. The Kier molecular flexibility index (Phi) is 5.78. The summed E-state index contributed by atoms with van der Waals surface area (Å²) >= 11 is 0. The number of hydrogen-bond donors (Lipinski definition) is 0. The first-order valence-electron chi connectivity index (χ1n) is 9.13. The number of benzene rings is 1. The van der Waals surface area contributed by atoms with Gasteiger partial charge in [-0.1, -0.05) is 13.8 Å². The highest BCUT2D eigenvalue weighted by Gasteiger charge is 2.23. The van der Waals surface area contributed by atoms with Crippen molar-refractivity contribution in [1.82, 2.24) is 15.1 Å². The first-order chi connectivity index (χ1) is 13.0. The molecule has 1 fully saturated rings. The van der Waals surface area contributed by atoms with E-state index in [2.05, 4.69) is 15.1 Å². The monoisotopic (exact) mass is 370 g/mol. The lowest BCUT2D eigenvalue weighted by Gasteiger charge is -2.36. The predicted octanol–water partition coefficient (Wildman–Crippen LogP) is 2.47. The standard InChI is InChI=1S/C20H26N4O3/c1-14(2)20(25)24-11-9-23(10-12-24)19-8-6-16(21-22-19)15-5-7-17(26-3)18(13-15)27-4/h5-8,13-14H,9-12H2,1-4H3. The molecule has 0 saturated carbocycles. The predicted molar refractivity (Wildman–Crippen MR) is 104 cm³/mol. The molecule has 2 aromatic rings. The first kappa shape index (κ1) is 18.9. The van der Waals surface area contributed by atoms with Gasteiger partial charge in [-0.2, -0.15) is 0 Å². The maximum Gasteiger partial charge on any atom is 0.225 e. The lowest BCUT2D eigenvalue weighted by atomic mass is 10.1. The van der Waals surface area contributed by atoms with Crippen LogP contribution in [0, 0.1) is 5.92 Å². The van der Waals surface area contributed by atoms with Crippen LogP contribution in [0.3, 0.4) is 0 Å². The van der Waals surface area contributed by atoms with Crippen LogP contribution in [-0.4, -0.2) is 61.4 Å². The molecule has 1 amide bonds. The van der Waals surface area contributed by atoms with Crippen molar-refractivity contribution in [3.05, 3.63) is 30.3 Å². The van der Waals surface area contributed by atoms with Crippen molar-refractivity contribution in [3.8, 4) is 22.8 Å². The van der Waals surface area contributed by atoms with Crippen LogP contribution in [-0.2, 0) is 4.79 Å². The summed E-state index contributed by atoms with van der Waals surface area (Å²) in [6.45, 7) is 6.85. The Bertz CT molecular complexity index is 784. The molecule has 0 unspecified atom stereocenters. The normalized spacial score (nSPS) is 14.4. The lowest BCUT2D eigenvalue weighted by molar-refractivity contribution is -0.134. The summed E-state index contributed by atoms with van der Waals surface area (Å²) in [5.74, 6) is 2.42. The highest BCUT2D eigenvalue weighted by Crippen LogP contribution is 2.31. The Labute approximate surface area is 159 Å². The number of carbonyl (C=O) groups is 1. The van der Waals surface area contributed by atoms with Gasteiger partial charge in [-0.05, 0) is 30.3 Å². The summed E-state index contributed by atoms with van der Waals surface area (Å²) in [5, 5.41) is 8.75. The SMILES string of the molecule is COc1ccc(-c2ccc(N3CCN(C(=O)C(C)C)CC3)nn2)cc1OC. The summed E-state index contributed by atoms with van der Waals surface area (Å²) < 4.78 is 10.6. The zero-order valence-electron chi connectivity index (χ0n) is 16.3. The molecule has 0 bridgehead atoms. The quantitative estimate of drug-likeness (QED) is 0.805. The van der Waals surface area contributed by atoms with Gasteiger partial charge in [-0.3, -0.25) is 4.79 Å². The number of ether oxygens (including phenoxy) is 2. The molecule has 3 rings (SSSR count). The molecule has 2 heterocycles. The van der Waals surface area contributed by atoms with Crippen LogP contribution in [0.25, 0.3) is 11.3 Å². The van der Waals surface area contributed by atoms with Gasteiger partial charge in [0, 0.05) is 37.7 Å². The molecule has 1 aromatic heterocycles. The van der Waals surface area contributed by atoms with E-state index < -0.39 is 0 Å². The molecule has 0 radical (unpaired) electrons. The largest absolute Gasteiger partial charge is 0.493 e. The fraction of sp³-hybridized carbons (Fsp3) is 0.450. The minimum atomic E-state index is 0.0390. The topological polar surface area (TPSA) is 67.8 Å². The van der Waals surface area contributed by atoms with E-state index in [1.165, 1.54) is 0 Å². The van der Waals surface area contributed by atoms with Crippen molar-refractivity contribution < 1.29 is 14.3 Å². The van der Waals surface area contributed by atoms with E-state index in [4.69, 9.17) is 9.47 Å². The average molecular weight is 370 g/mol. The zero-order valence-corrected chi connectivity index (χ0v) is 16.3. The van der Waals surface area contributed by atoms with Crippen LogP contribution in [0.4, 0.5) is 5.82 Å². The second kappa shape index (κ2) is 8.24. The molecular formula is C20H26N4O3. The van der Waals surface area contributed by atoms with E-state index in [1.807, 2.05) is 49.1 Å². The van der Waals surface area contributed by atoms with E-state index in [1.54, 1.807) is 14.2 Å². The van der Waals surface area contributed by atoms with Crippen molar-refractivity contribution in [1.29, 1.82) is 0 Å². The number of piperazine rings is 1. The number of methoxy groups -OCH3 is 2. The van der Waals surface area contributed by atoms with Crippen LogP contribution in [0.5, 0.6) is 11.5 Å². The van der Waals surface area contributed by atoms with E-state index in [9.17, 15) is 4.79 Å². The highest BCUT2D eigenvalue weighted by atomic mass is 16.5. The summed E-state index contributed by atoms with van der Waals surface area (Å²) in [4.78, 5) is 16.2. The highest BCUT2D eigenvalue weighted by molar-refractivity contribution is 5.78. The molecule has 7 nitrogen and oxygen atoms in total. The number of anilines is 1. The van der Waals surface area contributed by atoms with Gasteiger partial charge < -0.3 is 19.3 Å². The smallest absolute Gasteiger partial charge is 0.225 e. The number of hydrogen-bond acceptors (Lipinski definition) is 6. The first-order valence-corrected chi connectivity index (χ1v) is 9.13. The van der Waals surface area contributed by atoms with Gasteiger partial charge in [0.1, 0.15) is 0 Å². The summed E-state index contributed by atoms with van der Waals surface area (Å²) in [6, 6.07) is 9.60. The third kappa shape index (κ3) is 4.13. The molecule has 1 aliphatic rings. The third-order valence-electron chi connectivity index (χ3n) is 4.74. The summed E-state index contributed by atoms with van der Waals surface area (Å²) in [5.41, 5.74) is 1.69. The van der Waals surface area contributed by atoms with Gasteiger partial charge in [-0.25, -0.2) is 0 Å². The maximum absolute atomic E-state index is 12.1. The molecule has 27 heavy (non-hydrogen) atoms. The Balaban J connectivity index is 1.69. The van der Waals surface area contributed by atoms with Crippen LogP contribution < -0.4 is 14.4 Å². The third-order valence-corrected chi connectivity index (χ3v) is 4.74. The number of rotatable bonds is 5. The molecule has 0 N–H and O–H groups in total. The van der Waals surface area contributed by atoms with E-state index in [0.717, 1.165) is 43.3 Å². The fourth-order valence-electron chi connectivity index (χ4n) is 3.16. The average Bonchev–Trinajstić information content (AvgIpc) is 2.72. The van der Waals surface area contributed by atoms with Gasteiger partial charge >= 0.3 is 0 Å². The van der Waals surface area contributed by atoms with E-state index >= 15 is 0 Å². The van der Waals surface area contributed by atoms with Crippen LogP contribution in [0.1, 0.15) is 13.8 Å². The Morgan fingerprint density at radius 1 is 0.963 bits per heavy atom. The Hall–Kier alpha value is -2.83. The second-order valence-electron chi connectivity index (χ2n) is 6.81. The van der Waals surface area contributed by atoms with Crippen molar-refractivity contribution >= 4 is 11.7 Å². The molecular weight excluding hydrogens is 344 g/mol. The lowest BCUT2D eigenvalue weighted by Crippen LogP contribution is -2.50. The number of carbonyl (C=O) groups excluding carboxylic acids is 1. The Morgan fingerprint density at radius 2 is 1.67 bits per heavy atom. The van der Waals surface area contributed by atoms with E-state index in [-0.39, 0.29) is 11.8 Å². The number of nitrogens with zero attached hydrogens (tertiary/aromatic N) is 4. The van der Waals surface area contributed by atoms with Gasteiger partial charge in [0.25, 0.3) is 0 Å². The van der Waals surface area contributed by atoms with Crippen molar-refractivity contribution in [2.45, 2.75) is 13.8 Å². The van der Waals surface area contributed by atoms with Crippen molar-refractivity contribution in [2.24, 2.45) is 5.92 Å². The van der Waals surface area contributed by atoms with Gasteiger partial charge in [-0.15, -0.1) is 10.2 Å². The number of amides is 1. The summed E-state index contributed by atoms with van der Waals surface area (Å²) in [7, 11) is 3.22. The molecule has 0 spiro atoms. The molecule has 1 saturated heterocycles. The molecule has 0 atom stereocenters. The zero-order chi connectivity index (χ0) is 19.4. The van der Waals surface area contributed by atoms with Crippen molar-refractivity contribution in [3.63, 3.8) is 0 Å². The van der Waals surface area contributed by atoms with Crippen molar-refractivity contribution in [2.75, 3.05) is 45.3 Å². The summed E-state index contributed by atoms with van der Waals surface area (Å²) in [6.07, 6.45) is 0. The molecule has 7 heteroatoms. The van der Waals surface area contributed by atoms with Gasteiger partial charge in [0.05, 0.1) is 19.9 Å². The van der Waals surface area contributed by atoms with Crippen LogP contribution in [0.15, 0.2) is 30.3 Å². The minimum absolute atomic E-state index is 0.0390. The molecule has 144 valence electrons. The van der Waals surface area contributed by atoms with Gasteiger partial charge in [0.2, 0.25) is 5.91 Å².